The quantitative estimate of drug-likeness (QED) is 0.291. The Bertz CT molecular complexity index is 1270. The van der Waals surface area contributed by atoms with Gasteiger partial charge in [-0.2, -0.15) is 20.1 Å². The molecule has 3 aromatic rings. The van der Waals surface area contributed by atoms with Gasteiger partial charge in [-0.3, -0.25) is 10.1 Å². The zero-order valence-electron chi connectivity index (χ0n) is 18.5. The second-order valence-electron chi connectivity index (χ2n) is 7.85. The number of halogens is 1. The number of hydrogen-bond acceptors (Lipinski definition) is 11. The lowest BCUT2D eigenvalue weighted by Gasteiger charge is -2.26. The number of rotatable bonds is 7. The lowest BCUT2D eigenvalue weighted by molar-refractivity contribution is -0.385. The van der Waals surface area contributed by atoms with Crippen LogP contribution in [0.3, 0.4) is 0 Å². The molecule has 0 saturated carbocycles. The number of hydrogen-bond donors (Lipinski definition) is 2. The van der Waals surface area contributed by atoms with Crippen LogP contribution >= 0.6 is 0 Å². The maximum atomic E-state index is 13.3. The zero-order chi connectivity index (χ0) is 24.2. The van der Waals surface area contributed by atoms with Gasteiger partial charge in [0.05, 0.1) is 22.8 Å². The molecule has 0 spiro atoms. The van der Waals surface area contributed by atoms with Crippen molar-refractivity contribution in [2.75, 3.05) is 35.5 Å². The fourth-order valence-electron chi connectivity index (χ4n) is 3.74. The molecule has 35 heavy (non-hydrogen) atoms. The van der Waals surface area contributed by atoms with E-state index in [1.165, 1.54) is 30.5 Å². The molecule has 13 heteroatoms. The molecule has 0 aliphatic carbocycles. The van der Waals surface area contributed by atoms with Gasteiger partial charge in [0.1, 0.15) is 5.82 Å². The van der Waals surface area contributed by atoms with Crippen molar-refractivity contribution in [3.63, 3.8) is 0 Å². The summed E-state index contributed by atoms with van der Waals surface area (Å²) in [5.74, 6) is 1.21. The van der Waals surface area contributed by atoms with Crippen LogP contribution in [0.5, 0.6) is 11.5 Å². The van der Waals surface area contributed by atoms with Gasteiger partial charge in [0.2, 0.25) is 24.6 Å². The van der Waals surface area contributed by atoms with Gasteiger partial charge in [-0.15, -0.1) is 0 Å². The predicted octanol–water partition coefficient (Wildman–Crippen LogP) is 3.83. The molecule has 180 valence electrons. The van der Waals surface area contributed by atoms with Crippen molar-refractivity contribution in [2.45, 2.75) is 19.3 Å². The first-order chi connectivity index (χ1) is 17.0. The Balaban J connectivity index is 1.41. The van der Waals surface area contributed by atoms with Crippen molar-refractivity contribution in [2.24, 2.45) is 5.10 Å². The molecule has 0 amide bonds. The molecule has 2 aliphatic heterocycles. The van der Waals surface area contributed by atoms with Crippen LogP contribution in [-0.2, 0) is 0 Å². The normalized spacial score (nSPS) is 14.8. The van der Waals surface area contributed by atoms with Crippen LogP contribution in [0, 0.1) is 15.9 Å². The van der Waals surface area contributed by atoms with Crippen molar-refractivity contribution >= 4 is 35.4 Å². The molecule has 3 heterocycles. The Labute approximate surface area is 199 Å². The van der Waals surface area contributed by atoms with E-state index in [4.69, 9.17) is 9.47 Å². The number of benzene rings is 2. The average Bonchev–Trinajstić information content (AvgIpc) is 3.33. The molecule has 0 radical (unpaired) electrons. The summed E-state index contributed by atoms with van der Waals surface area (Å²) in [5, 5.41) is 18.6. The summed E-state index contributed by atoms with van der Waals surface area (Å²) in [6.07, 6.45) is 4.49. The highest BCUT2D eigenvalue weighted by molar-refractivity contribution is 5.87. The van der Waals surface area contributed by atoms with E-state index in [-0.39, 0.29) is 35.8 Å². The first kappa shape index (κ1) is 22.3. The molecular formula is C22H21FN8O4. The Kier molecular flexibility index (Phi) is 6.20. The molecule has 1 fully saturated rings. The molecule has 1 saturated heterocycles. The summed E-state index contributed by atoms with van der Waals surface area (Å²) >= 11 is 0. The Hall–Kier alpha value is -4.55. The van der Waals surface area contributed by atoms with Gasteiger partial charge in [0.25, 0.3) is 5.69 Å². The molecule has 5 rings (SSSR count). The van der Waals surface area contributed by atoms with Gasteiger partial charge < -0.3 is 19.7 Å². The van der Waals surface area contributed by atoms with Gasteiger partial charge >= 0.3 is 0 Å². The molecule has 0 atom stereocenters. The standard InChI is InChI=1S/C22H21FN8O4/c23-15-4-6-16(7-5-15)25-20-26-21(28-22(27-20)30-8-2-1-3-9-30)29-24-12-14-10-18-19(35-13-34-18)11-17(14)31(32)33/h4-7,10-12H,1-3,8-9,13H2,(H2,25,26,27,28,29)/b24-12-. The number of anilines is 4. The number of nitrogens with zero attached hydrogens (tertiary/aromatic N) is 6. The van der Waals surface area contributed by atoms with E-state index in [0.717, 1.165) is 32.4 Å². The van der Waals surface area contributed by atoms with Crippen molar-refractivity contribution in [1.29, 1.82) is 0 Å². The van der Waals surface area contributed by atoms with Crippen LogP contribution in [0.25, 0.3) is 0 Å². The van der Waals surface area contributed by atoms with E-state index >= 15 is 0 Å². The molecule has 2 N–H and O–H groups in total. The van der Waals surface area contributed by atoms with Crippen LogP contribution in [0.4, 0.5) is 33.6 Å². The third-order valence-electron chi connectivity index (χ3n) is 5.45. The van der Waals surface area contributed by atoms with Crippen molar-refractivity contribution in [3.05, 3.63) is 57.9 Å². The highest BCUT2D eigenvalue weighted by Crippen LogP contribution is 2.37. The minimum absolute atomic E-state index is 0.000696. The maximum Gasteiger partial charge on any atom is 0.282 e. The maximum absolute atomic E-state index is 13.3. The van der Waals surface area contributed by atoms with Gasteiger partial charge in [0.15, 0.2) is 11.5 Å². The summed E-state index contributed by atoms with van der Waals surface area (Å²) in [5.41, 5.74) is 3.38. The van der Waals surface area contributed by atoms with Gasteiger partial charge in [-0.1, -0.05) is 0 Å². The van der Waals surface area contributed by atoms with E-state index in [1.807, 2.05) is 0 Å². The number of ether oxygens (including phenoxy) is 2. The van der Waals surface area contributed by atoms with Crippen molar-refractivity contribution in [3.8, 4) is 11.5 Å². The number of piperidine rings is 1. The van der Waals surface area contributed by atoms with Crippen LogP contribution in [0.2, 0.25) is 0 Å². The smallest absolute Gasteiger partial charge is 0.282 e. The number of nitro groups is 1. The highest BCUT2D eigenvalue weighted by atomic mass is 19.1. The molecular weight excluding hydrogens is 459 g/mol. The number of hydrazone groups is 1. The van der Waals surface area contributed by atoms with Crippen molar-refractivity contribution < 1.29 is 18.8 Å². The fraction of sp³-hybridized carbons (Fsp3) is 0.273. The monoisotopic (exact) mass is 480 g/mol. The summed E-state index contributed by atoms with van der Waals surface area (Å²) in [6, 6.07) is 8.59. The first-order valence-corrected chi connectivity index (χ1v) is 11.0. The number of aromatic nitrogens is 3. The largest absolute Gasteiger partial charge is 0.454 e. The Morgan fingerprint density at radius 1 is 1.03 bits per heavy atom. The Morgan fingerprint density at radius 3 is 2.49 bits per heavy atom. The van der Waals surface area contributed by atoms with E-state index in [1.54, 1.807) is 12.1 Å². The average molecular weight is 480 g/mol. The van der Waals surface area contributed by atoms with Gasteiger partial charge in [-0.05, 0) is 49.6 Å². The van der Waals surface area contributed by atoms with Crippen LogP contribution < -0.4 is 25.1 Å². The lowest BCUT2D eigenvalue weighted by atomic mass is 10.1. The van der Waals surface area contributed by atoms with Crippen LogP contribution in [0.1, 0.15) is 24.8 Å². The van der Waals surface area contributed by atoms with Crippen LogP contribution in [-0.4, -0.2) is 46.0 Å². The highest BCUT2D eigenvalue weighted by Gasteiger charge is 2.22. The molecule has 0 bridgehead atoms. The second-order valence-corrected chi connectivity index (χ2v) is 7.85. The minimum Gasteiger partial charge on any atom is -0.454 e. The number of fused-ring (bicyclic) bond motifs is 1. The molecule has 2 aromatic carbocycles. The minimum atomic E-state index is -0.522. The molecule has 0 unspecified atom stereocenters. The molecule has 2 aliphatic rings. The van der Waals surface area contributed by atoms with Crippen LogP contribution in [0.15, 0.2) is 41.5 Å². The third-order valence-corrected chi connectivity index (χ3v) is 5.45. The van der Waals surface area contributed by atoms with E-state index in [2.05, 4.69) is 35.7 Å². The summed E-state index contributed by atoms with van der Waals surface area (Å²) in [4.78, 5) is 26.3. The zero-order valence-corrected chi connectivity index (χ0v) is 18.5. The fourth-order valence-corrected chi connectivity index (χ4v) is 3.74. The number of nitro benzene ring substituents is 1. The van der Waals surface area contributed by atoms with E-state index < -0.39 is 4.92 Å². The Morgan fingerprint density at radius 2 is 1.74 bits per heavy atom. The topological polar surface area (TPSA) is 140 Å². The van der Waals surface area contributed by atoms with E-state index in [9.17, 15) is 14.5 Å². The first-order valence-electron chi connectivity index (χ1n) is 11.0. The number of nitrogens with one attached hydrogen (secondary N) is 2. The molecule has 1 aromatic heterocycles. The SMILES string of the molecule is O=[N+]([O-])c1cc2c(cc1/C=N\Nc1nc(Nc3ccc(F)cc3)nc(N3CCCCC3)n1)OCO2. The summed E-state index contributed by atoms with van der Waals surface area (Å²) < 4.78 is 23.8. The lowest BCUT2D eigenvalue weighted by Crippen LogP contribution is -2.31. The molecule has 12 nitrogen and oxygen atoms in total. The third kappa shape index (κ3) is 5.18. The second kappa shape index (κ2) is 9.75. The van der Waals surface area contributed by atoms with Crippen molar-refractivity contribution in [1.82, 2.24) is 15.0 Å². The van der Waals surface area contributed by atoms with Gasteiger partial charge in [-0.25, -0.2) is 9.82 Å². The van der Waals surface area contributed by atoms with Gasteiger partial charge in [0, 0.05) is 18.8 Å². The summed E-state index contributed by atoms with van der Waals surface area (Å²) in [6.45, 7) is 1.62. The summed E-state index contributed by atoms with van der Waals surface area (Å²) in [7, 11) is 0. The van der Waals surface area contributed by atoms with E-state index in [0.29, 0.717) is 23.1 Å². The predicted molar refractivity (Wildman–Crippen MR) is 126 cm³/mol.